The molecule has 2 aliphatic carbocycles. The van der Waals surface area contributed by atoms with E-state index in [0.29, 0.717) is 25.7 Å². The summed E-state index contributed by atoms with van der Waals surface area (Å²) in [6.45, 7) is 3.46. The molecule has 2 amide bonds. The topological polar surface area (TPSA) is 78.4 Å². The average molecular weight is 332 g/mol. The zero-order valence-electron chi connectivity index (χ0n) is 13.8. The van der Waals surface area contributed by atoms with Crippen molar-refractivity contribution >= 4 is 12.0 Å². The first-order chi connectivity index (χ1) is 10.8. The Kier molecular flexibility index (Phi) is 4.87. The van der Waals surface area contributed by atoms with Crippen molar-refractivity contribution in [1.29, 1.82) is 0 Å². The van der Waals surface area contributed by atoms with Crippen molar-refractivity contribution in [3.05, 3.63) is 0 Å². The lowest BCUT2D eigenvalue weighted by Gasteiger charge is -2.27. The van der Waals surface area contributed by atoms with Gasteiger partial charge in [0.2, 0.25) is 0 Å². The number of alkyl halides is 2. The number of carboxylic acids is 1. The van der Waals surface area contributed by atoms with Gasteiger partial charge in [-0.05, 0) is 25.7 Å². The molecule has 2 rings (SSSR count). The monoisotopic (exact) mass is 332 g/mol. The molecule has 0 heterocycles. The Morgan fingerprint density at radius 1 is 1.22 bits per heavy atom. The fourth-order valence-corrected chi connectivity index (χ4v) is 3.94. The smallest absolute Gasteiger partial charge is 0.314 e. The molecule has 0 bridgehead atoms. The molecule has 0 spiro atoms. The molecule has 0 aliphatic heterocycles. The van der Waals surface area contributed by atoms with Crippen molar-refractivity contribution in [2.75, 3.05) is 13.1 Å². The van der Waals surface area contributed by atoms with Gasteiger partial charge in [-0.25, -0.2) is 13.6 Å². The van der Waals surface area contributed by atoms with Gasteiger partial charge in [-0.2, -0.15) is 0 Å². The molecule has 0 aromatic carbocycles. The van der Waals surface area contributed by atoms with E-state index in [1.165, 1.54) is 0 Å². The van der Waals surface area contributed by atoms with Crippen LogP contribution in [0, 0.1) is 16.7 Å². The van der Waals surface area contributed by atoms with Gasteiger partial charge in [0.25, 0.3) is 5.92 Å². The van der Waals surface area contributed by atoms with Crippen LogP contribution in [0.4, 0.5) is 13.6 Å². The standard InChI is InChI=1S/C16H26F2N2O3/c1-3-14(4-2,12(21)22)9-19-13(23)20-10-15-8-6-5-7-11(15)16(15,17)18/h11H,3-10H2,1-2H3,(H,21,22)(H2,19,20,23). The van der Waals surface area contributed by atoms with Gasteiger partial charge in [0.15, 0.2) is 0 Å². The van der Waals surface area contributed by atoms with Crippen LogP contribution >= 0.6 is 0 Å². The van der Waals surface area contributed by atoms with Crippen molar-refractivity contribution in [3.63, 3.8) is 0 Å². The molecule has 23 heavy (non-hydrogen) atoms. The predicted molar refractivity (Wildman–Crippen MR) is 81.4 cm³/mol. The maximum atomic E-state index is 13.9. The predicted octanol–water partition coefficient (Wildman–Crippen LogP) is 3.00. The Labute approximate surface area is 135 Å². The minimum Gasteiger partial charge on any atom is -0.481 e. The number of aliphatic carboxylic acids is 1. The molecule has 5 nitrogen and oxygen atoms in total. The number of nitrogens with one attached hydrogen (secondary N) is 2. The molecular formula is C16H26F2N2O3. The third-order valence-electron chi connectivity index (χ3n) is 6.01. The summed E-state index contributed by atoms with van der Waals surface area (Å²) in [7, 11) is 0. The summed E-state index contributed by atoms with van der Waals surface area (Å²) in [5, 5.41) is 14.4. The summed E-state index contributed by atoms with van der Waals surface area (Å²) in [5.74, 6) is -4.26. The number of fused-ring (bicyclic) bond motifs is 1. The van der Waals surface area contributed by atoms with E-state index < -0.39 is 34.7 Å². The van der Waals surface area contributed by atoms with E-state index >= 15 is 0 Å². The number of rotatable bonds is 7. The van der Waals surface area contributed by atoms with Crippen LogP contribution in [0.5, 0.6) is 0 Å². The van der Waals surface area contributed by atoms with E-state index in [2.05, 4.69) is 10.6 Å². The van der Waals surface area contributed by atoms with Crippen LogP contribution in [-0.4, -0.2) is 36.1 Å². The molecule has 2 aliphatic rings. The molecule has 2 atom stereocenters. The van der Waals surface area contributed by atoms with Crippen molar-refractivity contribution in [2.45, 2.75) is 58.3 Å². The van der Waals surface area contributed by atoms with E-state index in [-0.39, 0.29) is 13.1 Å². The second-order valence-corrected chi connectivity index (χ2v) is 6.91. The van der Waals surface area contributed by atoms with Gasteiger partial charge >= 0.3 is 12.0 Å². The lowest BCUT2D eigenvalue weighted by molar-refractivity contribution is -0.149. The number of carbonyl (C=O) groups excluding carboxylic acids is 1. The maximum absolute atomic E-state index is 13.9. The highest BCUT2D eigenvalue weighted by molar-refractivity contribution is 5.78. The zero-order chi connectivity index (χ0) is 17.3. The Hall–Kier alpha value is -1.40. The van der Waals surface area contributed by atoms with E-state index in [1.54, 1.807) is 13.8 Å². The number of hydrogen-bond acceptors (Lipinski definition) is 2. The first-order valence-corrected chi connectivity index (χ1v) is 8.38. The average Bonchev–Trinajstić information content (AvgIpc) is 3.03. The summed E-state index contributed by atoms with van der Waals surface area (Å²) in [6, 6.07) is -0.570. The molecule has 0 aromatic heterocycles. The summed E-state index contributed by atoms with van der Waals surface area (Å²) in [6.07, 6.45) is 3.33. The maximum Gasteiger partial charge on any atom is 0.314 e. The summed E-state index contributed by atoms with van der Waals surface area (Å²) in [5.41, 5.74) is -2.09. The fourth-order valence-electron chi connectivity index (χ4n) is 3.94. The molecule has 2 unspecified atom stereocenters. The molecule has 0 aromatic rings. The second-order valence-electron chi connectivity index (χ2n) is 6.91. The lowest BCUT2D eigenvalue weighted by atomic mass is 9.82. The Balaban J connectivity index is 1.85. The van der Waals surface area contributed by atoms with Crippen LogP contribution in [0.3, 0.4) is 0 Å². The van der Waals surface area contributed by atoms with Gasteiger partial charge in [-0.1, -0.05) is 26.7 Å². The van der Waals surface area contributed by atoms with Crippen LogP contribution in [0.2, 0.25) is 0 Å². The van der Waals surface area contributed by atoms with Gasteiger partial charge in [-0.3, -0.25) is 4.79 Å². The number of carbonyl (C=O) groups is 2. The first kappa shape index (κ1) is 17.9. The molecule has 2 fully saturated rings. The quantitative estimate of drug-likeness (QED) is 0.670. The molecule has 7 heteroatoms. The molecule has 0 radical (unpaired) electrons. The van der Waals surface area contributed by atoms with Gasteiger partial charge in [0.05, 0.1) is 10.8 Å². The fraction of sp³-hybridized carbons (Fsp3) is 0.875. The minimum atomic E-state index is -2.69. The molecule has 132 valence electrons. The summed E-state index contributed by atoms with van der Waals surface area (Å²) >= 11 is 0. The molecule has 3 N–H and O–H groups in total. The van der Waals surface area contributed by atoms with E-state index in [0.717, 1.165) is 12.8 Å². The Bertz CT molecular complexity index is 480. The van der Waals surface area contributed by atoms with E-state index in [9.17, 15) is 23.5 Å². The minimum absolute atomic E-state index is 0.00596. The number of halogens is 2. The Morgan fingerprint density at radius 3 is 2.39 bits per heavy atom. The Morgan fingerprint density at radius 2 is 1.87 bits per heavy atom. The third kappa shape index (κ3) is 2.90. The van der Waals surface area contributed by atoms with Crippen LogP contribution in [0.25, 0.3) is 0 Å². The number of hydrogen-bond donors (Lipinski definition) is 3. The number of amides is 2. The van der Waals surface area contributed by atoms with Crippen molar-refractivity contribution in [1.82, 2.24) is 10.6 Å². The van der Waals surface area contributed by atoms with Gasteiger partial charge < -0.3 is 15.7 Å². The van der Waals surface area contributed by atoms with Crippen molar-refractivity contribution < 1.29 is 23.5 Å². The second kappa shape index (κ2) is 6.24. The van der Waals surface area contributed by atoms with E-state index in [1.807, 2.05) is 0 Å². The summed E-state index contributed by atoms with van der Waals surface area (Å²) in [4.78, 5) is 23.3. The highest BCUT2D eigenvalue weighted by atomic mass is 19.3. The molecule has 2 saturated carbocycles. The molecular weight excluding hydrogens is 306 g/mol. The number of carboxylic acid groups (broad SMARTS) is 1. The largest absolute Gasteiger partial charge is 0.481 e. The van der Waals surface area contributed by atoms with Crippen LogP contribution in [0.1, 0.15) is 52.4 Å². The normalized spacial score (nSPS) is 28.6. The lowest BCUT2D eigenvalue weighted by Crippen LogP contribution is -2.47. The van der Waals surface area contributed by atoms with Crippen LogP contribution < -0.4 is 10.6 Å². The first-order valence-electron chi connectivity index (χ1n) is 8.38. The third-order valence-corrected chi connectivity index (χ3v) is 6.01. The number of urea groups is 1. The van der Waals surface area contributed by atoms with Gasteiger partial charge in [-0.15, -0.1) is 0 Å². The van der Waals surface area contributed by atoms with Crippen molar-refractivity contribution in [2.24, 2.45) is 16.7 Å². The molecule has 0 saturated heterocycles. The van der Waals surface area contributed by atoms with Crippen molar-refractivity contribution in [3.8, 4) is 0 Å². The zero-order valence-corrected chi connectivity index (χ0v) is 13.8. The van der Waals surface area contributed by atoms with Gasteiger partial charge in [0.1, 0.15) is 0 Å². The van der Waals surface area contributed by atoms with E-state index in [4.69, 9.17) is 0 Å². The van der Waals surface area contributed by atoms with Crippen LogP contribution in [-0.2, 0) is 4.79 Å². The van der Waals surface area contributed by atoms with Crippen LogP contribution in [0.15, 0.2) is 0 Å². The SMILES string of the molecule is CCC(CC)(CNC(=O)NCC12CCCCC1C2(F)F)C(=O)O. The highest BCUT2D eigenvalue weighted by Crippen LogP contribution is 2.71. The van der Waals surface area contributed by atoms with Gasteiger partial charge in [0, 0.05) is 19.0 Å². The highest BCUT2D eigenvalue weighted by Gasteiger charge is 2.79. The summed E-state index contributed by atoms with van der Waals surface area (Å²) < 4.78 is 27.9.